The maximum absolute atomic E-state index is 11.4. The molecular weight excluding hydrogens is 268 g/mol. The largest absolute Gasteiger partial charge is 0.496 e. The molecule has 0 amide bonds. The molecule has 4 nitrogen and oxygen atoms in total. The van der Waals surface area contributed by atoms with E-state index < -0.39 is 0 Å². The van der Waals surface area contributed by atoms with Gasteiger partial charge < -0.3 is 14.2 Å². The molecule has 3 rings (SSSR count). The number of carbonyl (C=O) groups excluding carboxylic acids is 1. The van der Waals surface area contributed by atoms with Crippen LogP contribution in [-0.2, 0) is 9.53 Å². The van der Waals surface area contributed by atoms with Crippen LogP contribution in [0.1, 0.15) is 12.8 Å². The smallest absolute Gasteiger partial charge is 0.309 e. The summed E-state index contributed by atoms with van der Waals surface area (Å²) >= 11 is 0. The number of esters is 1. The maximum Gasteiger partial charge on any atom is 0.309 e. The van der Waals surface area contributed by atoms with Gasteiger partial charge in [-0.05, 0) is 36.4 Å². The standard InChI is InChI=1S/C17H18O4/c1-19-16-4-2-3-12-5-6-14(11-15(12)16)20-9-7-13-8-10-21-17(13)18/h2-6,11,13H,7-10H2,1H3. The molecule has 1 unspecified atom stereocenters. The molecule has 0 bridgehead atoms. The summed E-state index contributed by atoms with van der Waals surface area (Å²) in [6, 6.07) is 11.9. The molecule has 2 aromatic carbocycles. The number of cyclic esters (lactones) is 1. The number of rotatable bonds is 5. The molecule has 1 saturated heterocycles. The summed E-state index contributed by atoms with van der Waals surface area (Å²) in [4.78, 5) is 11.4. The molecule has 110 valence electrons. The second-order valence-corrected chi connectivity index (χ2v) is 5.13. The topological polar surface area (TPSA) is 44.8 Å². The van der Waals surface area contributed by atoms with Crippen molar-refractivity contribution in [3.63, 3.8) is 0 Å². The minimum atomic E-state index is -0.0984. The van der Waals surface area contributed by atoms with Crippen molar-refractivity contribution >= 4 is 16.7 Å². The van der Waals surface area contributed by atoms with Crippen LogP contribution in [0.25, 0.3) is 10.8 Å². The first-order valence-electron chi connectivity index (χ1n) is 7.14. The molecule has 0 radical (unpaired) electrons. The summed E-state index contributed by atoms with van der Waals surface area (Å²) in [6.07, 6.45) is 1.50. The van der Waals surface area contributed by atoms with Crippen molar-refractivity contribution < 1.29 is 19.0 Å². The van der Waals surface area contributed by atoms with Crippen LogP contribution >= 0.6 is 0 Å². The number of methoxy groups -OCH3 is 1. The third kappa shape index (κ3) is 2.94. The average molecular weight is 286 g/mol. The van der Waals surface area contributed by atoms with Crippen LogP contribution in [-0.4, -0.2) is 26.3 Å². The van der Waals surface area contributed by atoms with E-state index in [1.54, 1.807) is 7.11 Å². The van der Waals surface area contributed by atoms with Crippen LogP contribution in [0.4, 0.5) is 0 Å². The second kappa shape index (κ2) is 6.04. The molecule has 1 aliphatic heterocycles. The molecule has 1 atom stereocenters. The Labute approximate surface area is 123 Å². The number of benzene rings is 2. The predicted octanol–water partition coefficient (Wildman–Crippen LogP) is 3.18. The van der Waals surface area contributed by atoms with Gasteiger partial charge >= 0.3 is 5.97 Å². The predicted molar refractivity (Wildman–Crippen MR) is 79.7 cm³/mol. The molecule has 0 aromatic heterocycles. The van der Waals surface area contributed by atoms with Crippen LogP contribution < -0.4 is 9.47 Å². The normalized spacial score (nSPS) is 17.8. The highest BCUT2D eigenvalue weighted by atomic mass is 16.5. The Morgan fingerprint density at radius 2 is 2.19 bits per heavy atom. The summed E-state index contributed by atoms with van der Waals surface area (Å²) in [5.41, 5.74) is 0. The van der Waals surface area contributed by atoms with Gasteiger partial charge in [0.15, 0.2) is 0 Å². The first-order chi connectivity index (χ1) is 10.3. The quantitative estimate of drug-likeness (QED) is 0.792. The maximum atomic E-state index is 11.4. The van der Waals surface area contributed by atoms with Gasteiger partial charge in [0.2, 0.25) is 0 Å². The average Bonchev–Trinajstić information content (AvgIpc) is 2.92. The summed E-state index contributed by atoms with van der Waals surface area (Å²) in [6.45, 7) is 1.05. The zero-order valence-electron chi connectivity index (χ0n) is 12.0. The van der Waals surface area contributed by atoms with Gasteiger partial charge in [-0.15, -0.1) is 0 Å². The fourth-order valence-electron chi connectivity index (χ4n) is 2.61. The minimum Gasteiger partial charge on any atom is -0.496 e. The summed E-state index contributed by atoms with van der Waals surface area (Å²) in [7, 11) is 1.66. The Hall–Kier alpha value is -2.23. The molecule has 21 heavy (non-hydrogen) atoms. The zero-order chi connectivity index (χ0) is 14.7. The van der Waals surface area contributed by atoms with Crippen molar-refractivity contribution in [3.8, 4) is 11.5 Å². The van der Waals surface area contributed by atoms with Gasteiger partial charge in [-0.25, -0.2) is 0 Å². The van der Waals surface area contributed by atoms with E-state index in [1.165, 1.54) is 0 Å². The van der Waals surface area contributed by atoms with Gasteiger partial charge in [-0.1, -0.05) is 18.2 Å². The second-order valence-electron chi connectivity index (χ2n) is 5.13. The van der Waals surface area contributed by atoms with Crippen molar-refractivity contribution in [3.05, 3.63) is 36.4 Å². The zero-order valence-corrected chi connectivity index (χ0v) is 12.0. The number of ether oxygens (including phenoxy) is 3. The van der Waals surface area contributed by atoms with E-state index >= 15 is 0 Å². The Morgan fingerprint density at radius 3 is 2.95 bits per heavy atom. The lowest BCUT2D eigenvalue weighted by molar-refractivity contribution is -0.141. The molecule has 2 aromatic rings. The summed E-state index contributed by atoms with van der Waals surface area (Å²) < 4.78 is 16.1. The first kappa shape index (κ1) is 13.7. The SMILES string of the molecule is COc1cccc2ccc(OCCC3CCOC3=O)cc12. The van der Waals surface area contributed by atoms with Gasteiger partial charge in [0.1, 0.15) is 11.5 Å². The molecular formula is C17H18O4. The van der Waals surface area contributed by atoms with E-state index in [-0.39, 0.29) is 11.9 Å². The third-order valence-electron chi connectivity index (χ3n) is 3.81. The van der Waals surface area contributed by atoms with Crippen LogP contribution in [0, 0.1) is 5.92 Å². The third-order valence-corrected chi connectivity index (χ3v) is 3.81. The van der Waals surface area contributed by atoms with E-state index in [0.717, 1.165) is 28.7 Å². The molecule has 0 aliphatic carbocycles. The lowest BCUT2D eigenvalue weighted by Crippen LogP contribution is -2.11. The van der Waals surface area contributed by atoms with Gasteiger partial charge in [-0.2, -0.15) is 0 Å². The number of carbonyl (C=O) groups is 1. The van der Waals surface area contributed by atoms with Crippen molar-refractivity contribution in [1.82, 2.24) is 0 Å². The van der Waals surface area contributed by atoms with Crippen LogP contribution in [0.2, 0.25) is 0 Å². The molecule has 4 heteroatoms. The Bertz CT molecular complexity index is 650. The molecule has 0 spiro atoms. The van der Waals surface area contributed by atoms with Gasteiger partial charge in [0.25, 0.3) is 0 Å². The highest BCUT2D eigenvalue weighted by Gasteiger charge is 2.25. The van der Waals surface area contributed by atoms with Crippen molar-refractivity contribution in [2.75, 3.05) is 20.3 Å². The summed E-state index contributed by atoms with van der Waals surface area (Å²) in [5.74, 6) is 1.51. The monoisotopic (exact) mass is 286 g/mol. The van der Waals surface area contributed by atoms with Gasteiger partial charge in [0.05, 0.1) is 26.2 Å². The van der Waals surface area contributed by atoms with Crippen LogP contribution in [0.5, 0.6) is 11.5 Å². The summed E-state index contributed by atoms with van der Waals surface area (Å²) in [5, 5.41) is 2.14. The molecule has 0 saturated carbocycles. The number of hydrogen-bond donors (Lipinski definition) is 0. The van der Waals surface area contributed by atoms with Crippen LogP contribution in [0.3, 0.4) is 0 Å². The van der Waals surface area contributed by atoms with E-state index in [1.807, 2.05) is 36.4 Å². The van der Waals surface area contributed by atoms with Crippen molar-refractivity contribution in [2.24, 2.45) is 5.92 Å². The lowest BCUT2D eigenvalue weighted by Gasteiger charge is -2.10. The Morgan fingerprint density at radius 1 is 1.29 bits per heavy atom. The van der Waals surface area contributed by atoms with E-state index in [9.17, 15) is 4.79 Å². The van der Waals surface area contributed by atoms with Crippen molar-refractivity contribution in [1.29, 1.82) is 0 Å². The van der Waals surface area contributed by atoms with E-state index in [4.69, 9.17) is 14.2 Å². The molecule has 1 fully saturated rings. The van der Waals surface area contributed by atoms with Crippen LogP contribution in [0.15, 0.2) is 36.4 Å². The highest BCUT2D eigenvalue weighted by Crippen LogP contribution is 2.29. The van der Waals surface area contributed by atoms with E-state index in [0.29, 0.717) is 19.6 Å². The number of fused-ring (bicyclic) bond motifs is 1. The van der Waals surface area contributed by atoms with Crippen molar-refractivity contribution in [2.45, 2.75) is 12.8 Å². The lowest BCUT2D eigenvalue weighted by atomic mass is 10.1. The molecule has 1 aliphatic rings. The van der Waals surface area contributed by atoms with Gasteiger partial charge in [-0.3, -0.25) is 4.79 Å². The van der Waals surface area contributed by atoms with E-state index in [2.05, 4.69) is 0 Å². The minimum absolute atomic E-state index is 0.0139. The Kier molecular flexibility index (Phi) is 3.95. The number of hydrogen-bond acceptors (Lipinski definition) is 4. The molecule has 1 heterocycles. The fourth-order valence-corrected chi connectivity index (χ4v) is 2.61. The Balaban J connectivity index is 1.68. The first-order valence-corrected chi connectivity index (χ1v) is 7.14. The molecule has 0 N–H and O–H groups in total. The van der Waals surface area contributed by atoms with Gasteiger partial charge in [0, 0.05) is 5.39 Å². The highest BCUT2D eigenvalue weighted by molar-refractivity contribution is 5.89. The fraction of sp³-hybridized carbons (Fsp3) is 0.353.